The first-order chi connectivity index (χ1) is 12.9. The van der Waals surface area contributed by atoms with E-state index in [0.717, 1.165) is 17.5 Å². The minimum absolute atomic E-state index is 0.0248. The van der Waals surface area contributed by atoms with Gasteiger partial charge in [0.15, 0.2) is 0 Å². The Balaban J connectivity index is 1.61. The maximum atomic E-state index is 14.2. The van der Waals surface area contributed by atoms with Crippen LogP contribution in [0.4, 0.5) is 0 Å². The second kappa shape index (κ2) is 7.06. The number of benzene rings is 2. The Hall–Kier alpha value is -1.66. The fourth-order valence-corrected chi connectivity index (χ4v) is 8.61. The largest absolute Gasteiger partial charge is 0.323 e. The highest BCUT2D eigenvalue weighted by Crippen LogP contribution is 2.64. The van der Waals surface area contributed by atoms with Crippen molar-refractivity contribution >= 4 is 12.9 Å². The number of hydrogen-bond acceptors (Lipinski definition) is 2. The first-order valence-electron chi connectivity index (χ1n) is 10.0. The average molecular weight is 380 g/mol. The molecule has 2 aromatic carbocycles. The molecule has 0 amide bonds. The molecule has 3 heteroatoms. The van der Waals surface area contributed by atoms with Crippen LogP contribution < -0.4 is 0 Å². The zero-order chi connectivity index (χ0) is 19.1. The predicted molar refractivity (Wildman–Crippen MR) is 111 cm³/mol. The summed E-state index contributed by atoms with van der Waals surface area (Å²) in [6.07, 6.45) is 3.56. The molecule has 2 aromatic rings. The van der Waals surface area contributed by atoms with Gasteiger partial charge in [-0.15, -0.1) is 0 Å². The van der Waals surface area contributed by atoms with E-state index in [1.165, 1.54) is 0 Å². The molecule has 27 heavy (non-hydrogen) atoms. The van der Waals surface area contributed by atoms with E-state index in [9.17, 15) is 9.36 Å². The van der Waals surface area contributed by atoms with Gasteiger partial charge in [0.25, 0.3) is 0 Å². The molecule has 3 aliphatic rings. The lowest BCUT2D eigenvalue weighted by molar-refractivity contribution is -0.152. The molecule has 142 valence electrons. The molecule has 3 saturated carbocycles. The van der Waals surface area contributed by atoms with Crippen LogP contribution in [-0.4, -0.2) is 11.9 Å². The summed E-state index contributed by atoms with van der Waals surface area (Å²) in [7, 11) is -2.56. The summed E-state index contributed by atoms with van der Waals surface area (Å²) in [5.41, 5.74) is 2.46. The van der Waals surface area contributed by atoms with Crippen LogP contribution in [0.15, 0.2) is 60.7 Å². The summed E-state index contributed by atoms with van der Waals surface area (Å²) in [5, 5.41) is 0. The highest BCUT2D eigenvalue weighted by Gasteiger charge is 2.58. The maximum Gasteiger partial charge on any atom is 0.137 e. The second-order valence-electron chi connectivity index (χ2n) is 9.17. The molecule has 3 aliphatic carbocycles. The van der Waals surface area contributed by atoms with E-state index in [4.69, 9.17) is 0 Å². The third kappa shape index (κ3) is 3.69. The summed E-state index contributed by atoms with van der Waals surface area (Å²) >= 11 is 0. The molecule has 0 heterocycles. The van der Waals surface area contributed by atoms with Gasteiger partial charge in [0, 0.05) is 30.8 Å². The van der Waals surface area contributed by atoms with Gasteiger partial charge in [-0.3, -0.25) is 4.79 Å². The van der Waals surface area contributed by atoms with E-state index in [2.05, 4.69) is 38.1 Å². The van der Waals surface area contributed by atoms with Crippen LogP contribution in [0.3, 0.4) is 0 Å². The number of hydrogen-bond donors (Lipinski definition) is 0. The van der Waals surface area contributed by atoms with Crippen molar-refractivity contribution in [1.82, 2.24) is 0 Å². The molecule has 0 spiro atoms. The van der Waals surface area contributed by atoms with Gasteiger partial charge in [-0.2, -0.15) is 0 Å². The second-order valence-corrected chi connectivity index (χ2v) is 12.3. The zero-order valence-corrected chi connectivity index (χ0v) is 17.2. The van der Waals surface area contributed by atoms with Crippen LogP contribution in [0.5, 0.6) is 0 Å². The Morgan fingerprint density at radius 2 is 1.44 bits per heavy atom. The van der Waals surface area contributed by atoms with Gasteiger partial charge in [-0.05, 0) is 34.8 Å². The molecule has 0 aromatic heterocycles. The van der Waals surface area contributed by atoms with Crippen LogP contribution in [0, 0.1) is 23.2 Å². The minimum Gasteiger partial charge on any atom is -0.323 e. The minimum atomic E-state index is -2.56. The lowest BCUT2D eigenvalue weighted by Gasteiger charge is -2.59. The SMILES string of the molecule is CC1(C)[C@H]2CC(=O)C(CP(=O)(Cc3ccccc3)Cc3ccccc3)[C@H]1C2. The van der Waals surface area contributed by atoms with Crippen molar-refractivity contribution in [3.05, 3.63) is 71.8 Å². The quantitative estimate of drug-likeness (QED) is 0.576. The molecular formula is C24H29O2P. The third-order valence-corrected chi connectivity index (χ3v) is 9.99. The first-order valence-corrected chi connectivity index (χ1v) is 12.3. The molecule has 0 aliphatic heterocycles. The number of carbonyl (C=O) groups is 1. The number of ketones is 1. The normalized spacial score (nSPS) is 26.4. The smallest absolute Gasteiger partial charge is 0.137 e. The molecule has 3 fully saturated rings. The third-order valence-electron chi connectivity index (χ3n) is 7.05. The summed E-state index contributed by atoms with van der Waals surface area (Å²) < 4.78 is 14.2. The lowest BCUT2D eigenvalue weighted by Crippen LogP contribution is -2.56. The predicted octanol–water partition coefficient (Wildman–Crippen LogP) is 6.00. The molecule has 0 N–H and O–H groups in total. The van der Waals surface area contributed by atoms with E-state index in [1.807, 2.05) is 36.4 Å². The van der Waals surface area contributed by atoms with Crippen LogP contribution in [-0.2, 0) is 21.7 Å². The zero-order valence-electron chi connectivity index (χ0n) is 16.3. The number of rotatable bonds is 6. The van der Waals surface area contributed by atoms with Crippen molar-refractivity contribution in [2.24, 2.45) is 23.2 Å². The van der Waals surface area contributed by atoms with Crippen molar-refractivity contribution < 1.29 is 9.36 Å². The molecular weight excluding hydrogens is 351 g/mol. The van der Waals surface area contributed by atoms with Gasteiger partial charge in [-0.1, -0.05) is 74.5 Å². The van der Waals surface area contributed by atoms with Crippen LogP contribution in [0.2, 0.25) is 0 Å². The molecule has 0 radical (unpaired) electrons. The summed E-state index contributed by atoms with van der Waals surface area (Å²) in [4.78, 5) is 12.8. The van der Waals surface area contributed by atoms with Crippen molar-refractivity contribution in [1.29, 1.82) is 0 Å². The van der Waals surface area contributed by atoms with Gasteiger partial charge < -0.3 is 4.57 Å². The fraction of sp³-hybridized carbons (Fsp3) is 0.458. The van der Waals surface area contributed by atoms with Crippen molar-refractivity contribution in [3.8, 4) is 0 Å². The lowest BCUT2D eigenvalue weighted by atomic mass is 9.45. The van der Waals surface area contributed by atoms with Crippen LogP contribution >= 0.6 is 7.14 Å². The molecule has 2 bridgehead atoms. The molecule has 2 nitrogen and oxygen atoms in total. The topological polar surface area (TPSA) is 34.1 Å². The Morgan fingerprint density at radius 1 is 0.926 bits per heavy atom. The Bertz CT molecular complexity index is 811. The van der Waals surface area contributed by atoms with Gasteiger partial charge in [0.2, 0.25) is 0 Å². The van der Waals surface area contributed by atoms with E-state index in [0.29, 0.717) is 42.5 Å². The first kappa shape index (κ1) is 18.7. The molecule has 1 unspecified atom stereocenters. The monoisotopic (exact) mass is 380 g/mol. The molecule has 0 saturated heterocycles. The summed E-state index contributed by atoms with van der Waals surface area (Å²) in [6.45, 7) is 4.59. The summed E-state index contributed by atoms with van der Waals surface area (Å²) in [5.74, 6) is 1.28. The summed E-state index contributed by atoms with van der Waals surface area (Å²) in [6, 6.07) is 20.3. The number of carbonyl (C=O) groups excluding carboxylic acids is 1. The Labute approximate surface area is 162 Å². The average Bonchev–Trinajstić information content (AvgIpc) is 2.64. The van der Waals surface area contributed by atoms with E-state index in [1.54, 1.807) is 0 Å². The Morgan fingerprint density at radius 3 is 1.93 bits per heavy atom. The van der Waals surface area contributed by atoms with Crippen molar-refractivity contribution in [2.45, 2.75) is 39.0 Å². The molecule has 5 rings (SSSR count). The Kier molecular flexibility index (Phi) is 4.89. The van der Waals surface area contributed by atoms with E-state index < -0.39 is 7.14 Å². The van der Waals surface area contributed by atoms with Gasteiger partial charge in [0.1, 0.15) is 5.78 Å². The maximum absolute atomic E-state index is 14.2. The van der Waals surface area contributed by atoms with Crippen molar-refractivity contribution in [3.63, 3.8) is 0 Å². The van der Waals surface area contributed by atoms with Crippen LogP contribution in [0.25, 0.3) is 0 Å². The van der Waals surface area contributed by atoms with Crippen LogP contribution in [0.1, 0.15) is 37.8 Å². The fourth-order valence-electron chi connectivity index (χ4n) is 5.31. The van der Waals surface area contributed by atoms with Gasteiger partial charge in [-0.25, -0.2) is 0 Å². The van der Waals surface area contributed by atoms with E-state index >= 15 is 0 Å². The standard InChI is InChI=1S/C24H29O2P/c1-24(2)20-13-22(24)21(23(25)14-20)17-27(26,15-18-9-5-3-6-10-18)16-19-11-7-4-8-12-19/h3-12,20-22H,13-17H2,1-2H3/t20-,21?,22-/m1/s1. The van der Waals surface area contributed by atoms with Gasteiger partial charge in [0.05, 0.1) is 7.14 Å². The van der Waals surface area contributed by atoms with E-state index in [-0.39, 0.29) is 11.3 Å². The highest BCUT2D eigenvalue weighted by molar-refractivity contribution is 7.62. The molecule has 3 atom stereocenters. The highest BCUT2D eigenvalue weighted by atomic mass is 31.2. The number of Topliss-reactive ketones (excluding diaryl/α,β-unsaturated/α-hetero) is 1. The van der Waals surface area contributed by atoms with Crippen molar-refractivity contribution in [2.75, 3.05) is 6.16 Å². The number of fused-ring (bicyclic) bond motifs is 2. The van der Waals surface area contributed by atoms with Gasteiger partial charge >= 0.3 is 0 Å².